The average molecular weight is 423 g/mol. The Morgan fingerprint density at radius 1 is 1.20 bits per heavy atom. The average Bonchev–Trinajstić information content (AvgIpc) is 3.47. The third-order valence-electron chi connectivity index (χ3n) is 5.37. The van der Waals surface area contributed by atoms with Crippen LogP contribution in [-0.4, -0.2) is 36.7 Å². The van der Waals surface area contributed by atoms with E-state index in [0.717, 1.165) is 29.1 Å². The molecule has 0 spiro atoms. The number of fused-ring (bicyclic) bond motifs is 2. The number of thiazole rings is 1. The second-order valence-corrected chi connectivity index (χ2v) is 8.53. The van der Waals surface area contributed by atoms with E-state index < -0.39 is 0 Å². The van der Waals surface area contributed by atoms with Crippen LogP contribution in [0, 0.1) is 5.92 Å². The van der Waals surface area contributed by atoms with Crippen LogP contribution in [0.1, 0.15) is 17.8 Å². The fraction of sp³-hybridized carbons (Fsp3) is 0.318. The number of amides is 2. The Labute approximate surface area is 177 Å². The summed E-state index contributed by atoms with van der Waals surface area (Å²) >= 11 is 1.69. The number of hydrogen-bond acceptors (Lipinski definition) is 6. The molecule has 1 saturated heterocycles. The van der Waals surface area contributed by atoms with E-state index in [2.05, 4.69) is 16.4 Å². The van der Waals surface area contributed by atoms with Crippen molar-refractivity contribution < 1.29 is 19.1 Å². The van der Waals surface area contributed by atoms with E-state index in [1.165, 1.54) is 4.70 Å². The summed E-state index contributed by atoms with van der Waals surface area (Å²) in [6.07, 6.45) is 1.86. The zero-order chi connectivity index (χ0) is 20.5. The summed E-state index contributed by atoms with van der Waals surface area (Å²) in [5, 5.41) is 4.06. The minimum absolute atomic E-state index is 0.0523. The largest absolute Gasteiger partial charge is 0.454 e. The molecule has 2 amide bonds. The number of hydrogen-bond donors (Lipinski definition) is 1. The van der Waals surface area contributed by atoms with Gasteiger partial charge >= 0.3 is 0 Å². The Hall–Kier alpha value is -3.13. The van der Waals surface area contributed by atoms with Crippen LogP contribution in [0.25, 0.3) is 10.2 Å². The number of aromatic nitrogens is 1. The highest BCUT2D eigenvalue weighted by Gasteiger charge is 2.35. The van der Waals surface area contributed by atoms with Crippen LogP contribution in [0.3, 0.4) is 0 Å². The highest BCUT2D eigenvalue weighted by molar-refractivity contribution is 7.18. The maximum absolute atomic E-state index is 12.6. The predicted molar refractivity (Wildman–Crippen MR) is 114 cm³/mol. The first-order valence-electron chi connectivity index (χ1n) is 9.99. The number of para-hydroxylation sites is 1. The first-order valence-corrected chi connectivity index (χ1v) is 10.8. The van der Waals surface area contributed by atoms with E-state index >= 15 is 0 Å². The lowest BCUT2D eigenvalue weighted by Gasteiger charge is -2.17. The molecule has 2 aliphatic rings. The lowest BCUT2D eigenvalue weighted by molar-refractivity contribution is -0.126. The highest BCUT2D eigenvalue weighted by atomic mass is 32.1. The third-order valence-corrected chi connectivity index (χ3v) is 6.46. The van der Waals surface area contributed by atoms with Crippen LogP contribution in [0.4, 0.5) is 5.69 Å². The number of carbonyl (C=O) groups is 2. The molecule has 1 fully saturated rings. The summed E-state index contributed by atoms with van der Waals surface area (Å²) in [7, 11) is 0. The summed E-state index contributed by atoms with van der Waals surface area (Å²) in [6.45, 7) is 1.14. The number of anilines is 1. The van der Waals surface area contributed by atoms with Gasteiger partial charge in [0.25, 0.3) is 0 Å². The number of aryl methyl sites for hydroxylation is 1. The Balaban J connectivity index is 1.13. The zero-order valence-corrected chi connectivity index (χ0v) is 17.1. The number of rotatable bonds is 6. The van der Waals surface area contributed by atoms with Gasteiger partial charge in [0.1, 0.15) is 0 Å². The van der Waals surface area contributed by atoms with E-state index in [1.54, 1.807) is 28.4 Å². The second-order valence-electron chi connectivity index (χ2n) is 7.41. The van der Waals surface area contributed by atoms with Crippen molar-refractivity contribution in [2.24, 2.45) is 5.92 Å². The van der Waals surface area contributed by atoms with Gasteiger partial charge in [-0.3, -0.25) is 9.59 Å². The second kappa shape index (κ2) is 7.95. The van der Waals surface area contributed by atoms with Crippen LogP contribution in [0.15, 0.2) is 42.5 Å². The Morgan fingerprint density at radius 3 is 2.97 bits per heavy atom. The van der Waals surface area contributed by atoms with Gasteiger partial charge in [0.2, 0.25) is 18.6 Å². The minimum atomic E-state index is -0.342. The molecule has 154 valence electrons. The number of nitrogens with one attached hydrogen (secondary N) is 1. The van der Waals surface area contributed by atoms with E-state index in [0.29, 0.717) is 24.6 Å². The smallest absolute Gasteiger partial charge is 0.231 e. The van der Waals surface area contributed by atoms with Crippen LogP contribution in [0.5, 0.6) is 11.5 Å². The predicted octanol–water partition coefficient (Wildman–Crippen LogP) is 3.13. The molecule has 0 aliphatic carbocycles. The molecule has 1 unspecified atom stereocenters. The molecule has 3 aromatic rings. The molecule has 1 atom stereocenters. The lowest BCUT2D eigenvalue weighted by atomic mass is 10.1. The van der Waals surface area contributed by atoms with Crippen molar-refractivity contribution in [1.82, 2.24) is 10.3 Å². The van der Waals surface area contributed by atoms with Gasteiger partial charge in [0.05, 0.1) is 21.1 Å². The van der Waals surface area contributed by atoms with Crippen molar-refractivity contribution in [3.63, 3.8) is 0 Å². The van der Waals surface area contributed by atoms with Crippen LogP contribution in [0.2, 0.25) is 0 Å². The van der Waals surface area contributed by atoms with Gasteiger partial charge in [-0.2, -0.15) is 0 Å². The Kier molecular flexibility index (Phi) is 5.00. The Bertz CT molecular complexity index is 1080. The van der Waals surface area contributed by atoms with Gasteiger partial charge < -0.3 is 19.7 Å². The number of nitrogens with zero attached hydrogens (tertiary/aromatic N) is 2. The number of ether oxygens (including phenoxy) is 2. The third kappa shape index (κ3) is 3.70. The number of benzene rings is 2. The first-order chi connectivity index (χ1) is 14.7. The molecule has 2 aromatic carbocycles. The molecular weight excluding hydrogens is 402 g/mol. The van der Waals surface area contributed by atoms with E-state index in [-0.39, 0.29) is 30.9 Å². The normalized spacial score (nSPS) is 17.7. The van der Waals surface area contributed by atoms with Gasteiger partial charge in [-0.1, -0.05) is 12.1 Å². The van der Waals surface area contributed by atoms with Crippen LogP contribution >= 0.6 is 11.3 Å². The van der Waals surface area contributed by atoms with Crippen molar-refractivity contribution >= 4 is 39.1 Å². The van der Waals surface area contributed by atoms with Crippen LogP contribution in [-0.2, 0) is 16.0 Å². The number of carbonyl (C=O) groups excluding carboxylic acids is 2. The van der Waals surface area contributed by atoms with E-state index in [9.17, 15) is 9.59 Å². The fourth-order valence-electron chi connectivity index (χ4n) is 3.81. The molecule has 0 radical (unpaired) electrons. The van der Waals surface area contributed by atoms with Crippen molar-refractivity contribution in [2.45, 2.75) is 19.3 Å². The summed E-state index contributed by atoms with van der Waals surface area (Å²) in [5.74, 6) is 0.834. The van der Waals surface area contributed by atoms with Gasteiger partial charge in [-0.25, -0.2) is 4.98 Å². The fourth-order valence-corrected chi connectivity index (χ4v) is 4.82. The monoisotopic (exact) mass is 423 g/mol. The molecule has 5 rings (SSSR count). The molecule has 1 aromatic heterocycles. The van der Waals surface area contributed by atoms with Crippen molar-refractivity contribution in [2.75, 3.05) is 24.8 Å². The minimum Gasteiger partial charge on any atom is -0.454 e. The molecule has 7 nitrogen and oxygen atoms in total. The summed E-state index contributed by atoms with van der Waals surface area (Å²) in [4.78, 5) is 31.3. The van der Waals surface area contributed by atoms with Gasteiger partial charge in [0.15, 0.2) is 11.5 Å². The van der Waals surface area contributed by atoms with Gasteiger partial charge in [-0.05, 0) is 30.7 Å². The van der Waals surface area contributed by atoms with Crippen molar-refractivity contribution in [1.29, 1.82) is 0 Å². The van der Waals surface area contributed by atoms with Gasteiger partial charge in [-0.15, -0.1) is 11.3 Å². The van der Waals surface area contributed by atoms with Gasteiger partial charge in [0, 0.05) is 37.7 Å². The molecule has 8 heteroatoms. The molecule has 0 saturated carbocycles. The standard InChI is InChI=1S/C22H21N3O4S/c26-21-10-14(12-25(21)15-7-8-17-18(11-15)29-13-28-17)22(27)23-9-3-6-20-24-16-4-1-2-5-19(16)30-20/h1-2,4-5,7-8,11,14H,3,6,9-10,12-13H2,(H,23,27). The first kappa shape index (κ1) is 18.9. The zero-order valence-electron chi connectivity index (χ0n) is 16.3. The Morgan fingerprint density at radius 2 is 2.07 bits per heavy atom. The van der Waals surface area contributed by atoms with Crippen molar-refractivity contribution in [3.8, 4) is 11.5 Å². The molecule has 3 heterocycles. The maximum Gasteiger partial charge on any atom is 0.231 e. The molecule has 30 heavy (non-hydrogen) atoms. The van der Waals surface area contributed by atoms with Crippen LogP contribution < -0.4 is 19.7 Å². The quantitative estimate of drug-likeness (QED) is 0.616. The van der Waals surface area contributed by atoms with E-state index in [4.69, 9.17) is 9.47 Å². The topological polar surface area (TPSA) is 80.8 Å². The SMILES string of the molecule is O=C(NCCCc1nc2ccccc2s1)C1CC(=O)N(c2ccc3c(c2)OCO3)C1. The molecule has 2 aliphatic heterocycles. The highest BCUT2D eigenvalue weighted by Crippen LogP contribution is 2.37. The summed E-state index contributed by atoms with van der Waals surface area (Å²) in [5.41, 5.74) is 1.75. The lowest BCUT2D eigenvalue weighted by Crippen LogP contribution is -2.33. The molecular formula is C22H21N3O4S. The molecule has 0 bridgehead atoms. The summed E-state index contributed by atoms with van der Waals surface area (Å²) in [6, 6.07) is 13.5. The van der Waals surface area contributed by atoms with Crippen molar-refractivity contribution in [3.05, 3.63) is 47.5 Å². The maximum atomic E-state index is 12.6. The van der Waals surface area contributed by atoms with E-state index in [1.807, 2.05) is 24.3 Å². The molecule has 1 N–H and O–H groups in total. The summed E-state index contributed by atoms with van der Waals surface area (Å²) < 4.78 is 11.9.